The summed E-state index contributed by atoms with van der Waals surface area (Å²) in [6.45, 7) is 10.5. The van der Waals surface area contributed by atoms with Crippen molar-refractivity contribution in [1.82, 2.24) is 16.0 Å². The highest BCUT2D eigenvalue weighted by molar-refractivity contribution is 14.0. The first-order valence-electron chi connectivity index (χ1n) is 9.38. The molecule has 0 fully saturated rings. The third-order valence-electron chi connectivity index (χ3n) is 3.35. The molecule has 0 saturated heterocycles. The number of hydrogen-bond acceptors (Lipinski definition) is 4. The summed E-state index contributed by atoms with van der Waals surface area (Å²) in [7, 11) is 1.68. The number of guanidine groups is 1. The second-order valence-corrected chi connectivity index (χ2v) is 7.19. The van der Waals surface area contributed by atoms with Gasteiger partial charge in [0.2, 0.25) is 5.91 Å². The third kappa shape index (κ3) is 12.8. The van der Waals surface area contributed by atoms with Crippen LogP contribution in [0, 0.1) is 0 Å². The molecule has 0 aliphatic rings. The summed E-state index contributed by atoms with van der Waals surface area (Å²) in [5.41, 5.74) is 0.786. The number of hydrogen-bond donors (Lipinski definition) is 3. The van der Waals surface area contributed by atoms with Crippen molar-refractivity contribution in [3.8, 4) is 5.75 Å². The van der Waals surface area contributed by atoms with E-state index in [2.05, 4.69) is 20.9 Å². The Balaban J connectivity index is 0.00000729. The zero-order chi connectivity index (χ0) is 20.1. The van der Waals surface area contributed by atoms with Crippen molar-refractivity contribution < 1.29 is 14.3 Å². The van der Waals surface area contributed by atoms with E-state index in [0.717, 1.165) is 24.3 Å². The third-order valence-corrected chi connectivity index (χ3v) is 3.35. The summed E-state index contributed by atoms with van der Waals surface area (Å²) >= 11 is 0. The number of benzene rings is 1. The van der Waals surface area contributed by atoms with Crippen molar-refractivity contribution in [2.45, 2.75) is 46.2 Å². The van der Waals surface area contributed by atoms with Gasteiger partial charge in [-0.25, -0.2) is 4.99 Å². The summed E-state index contributed by atoms with van der Waals surface area (Å²) in [6, 6.07) is 7.86. The molecule has 0 spiro atoms. The van der Waals surface area contributed by atoms with Crippen LogP contribution < -0.4 is 20.7 Å². The molecule has 28 heavy (non-hydrogen) atoms. The lowest BCUT2D eigenvalue weighted by molar-refractivity contribution is -0.121. The van der Waals surface area contributed by atoms with E-state index in [1.165, 1.54) is 0 Å². The van der Waals surface area contributed by atoms with Crippen LogP contribution in [0.15, 0.2) is 29.3 Å². The number of amides is 1. The van der Waals surface area contributed by atoms with E-state index in [1.54, 1.807) is 7.11 Å². The maximum Gasteiger partial charge on any atom is 0.239 e. The average Bonchev–Trinajstić information content (AvgIpc) is 2.60. The Hall–Kier alpha value is -1.55. The fourth-order valence-electron chi connectivity index (χ4n) is 2.27. The number of carbonyl (C=O) groups is 1. The van der Waals surface area contributed by atoms with Gasteiger partial charge in [0.15, 0.2) is 5.96 Å². The molecule has 0 heterocycles. The Morgan fingerprint density at radius 3 is 2.57 bits per heavy atom. The predicted octanol–water partition coefficient (Wildman–Crippen LogP) is 2.69. The predicted molar refractivity (Wildman–Crippen MR) is 125 cm³/mol. The fraction of sp³-hybridized carbons (Fsp3) is 0.600. The van der Waals surface area contributed by atoms with Crippen LogP contribution >= 0.6 is 24.0 Å². The Bertz CT molecular complexity index is 603. The van der Waals surface area contributed by atoms with E-state index in [0.29, 0.717) is 25.7 Å². The molecular weight excluding hydrogens is 471 g/mol. The molecule has 0 unspecified atom stereocenters. The topological polar surface area (TPSA) is 84.0 Å². The number of aliphatic imine (C=N–C) groups is 1. The molecule has 1 amide bonds. The zero-order valence-corrected chi connectivity index (χ0v) is 20.0. The highest BCUT2D eigenvalue weighted by Gasteiger charge is 2.13. The number of carbonyl (C=O) groups excluding carboxylic acids is 1. The van der Waals surface area contributed by atoms with Crippen molar-refractivity contribution >= 4 is 35.8 Å². The molecule has 3 N–H and O–H groups in total. The zero-order valence-electron chi connectivity index (χ0n) is 17.6. The van der Waals surface area contributed by atoms with Crippen LogP contribution in [0.1, 0.15) is 39.7 Å². The minimum Gasteiger partial charge on any atom is -0.493 e. The lowest BCUT2D eigenvalue weighted by Crippen LogP contribution is -2.48. The first-order valence-corrected chi connectivity index (χ1v) is 9.38. The van der Waals surface area contributed by atoms with Crippen molar-refractivity contribution in [3.05, 3.63) is 29.8 Å². The molecule has 0 aromatic heterocycles. The molecular formula is C20H35IN4O3. The quantitative estimate of drug-likeness (QED) is 0.197. The normalized spacial score (nSPS) is 11.4. The average molecular weight is 506 g/mol. The monoisotopic (exact) mass is 506 g/mol. The van der Waals surface area contributed by atoms with E-state index in [9.17, 15) is 4.79 Å². The van der Waals surface area contributed by atoms with Crippen molar-refractivity contribution in [2.24, 2.45) is 4.99 Å². The van der Waals surface area contributed by atoms with E-state index < -0.39 is 0 Å². The van der Waals surface area contributed by atoms with E-state index in [1.807, 2.05) is 52.0 Å². The lowest BCUT2D eigenvalue weighted by atomic mass is 10.1. The summed E-state index contributed by atoms with van der Waals surface area (Å²) in [5, 5.41) is 9.12. The molecule has 0 aliphatic heterocycles. The molecule has 1 aromatic carbocycles. The van der Waals surface area contributed by atoms with Gasteiger partial charge in [-0.2, -0.15) is 0 Å². The first-order chi connectivity index (χ1) is 12.8. The van der Waals surface area contributed by atoms with E-state index in [4.69, 9.17) is 9.47 Å². The largest absolute Gasteiger partial charge is 0.493 e. The number of halogens is 1. The van der Waals surface area contributed by atoms with Gasteiger partial charge in [0.25, 0.3) is 0 Å². The molecule has 1 aromatic rings. The van der Waals surface area contributed by atoms with Gasteiger partial charge in [0, 0.05) is 32.2 Å². The molecule has 0 radical (unpaired) electrons. The molecule has 8 heteroatoms. The van der Waals surface area contributed by atoms with Crippen LogP contribution in [0.25, 0.3) is 0 Å². The SMILES string of the molecule is CCNC(=NCc1cccc(OCCCOC)c1)NCC(=O)NC(C)(C)C.I. The number of methoxy groups -OCH3 is 1. The van der Waals surface area contributed by atoms with Gasteiger partial charge in [0.1, 0.15) is 5.75 Å². The Labute approximate surface area is 186 Å². The maximum absolute atomic E-state index is 12.0. The minimum absolute atomic E-state index is 0. The molecule has 160 valence electrons. The molecule has 0 aliphatic carbocycles. The Kier molecular flexibility index (Phi) is 13.6. The van der Waals surface area contributed by atoms with Crippen LogP contribution in [0.3, 0.4) is 0 Å². The number of nitrogens with one attached hydrogen (secondary N) is 3. The van der Waals surface area contributed by atoms with Crippen molar-refractivity contribution in [2.75, 3.05) is 33.4 Å². The second-order valence-electron chi connectivity index (χ2n) is 7.19. The standard InChI is InChI=1S/C20H34N4O3.HI/c1-6-21-19(23-15-18(25)24-20(2,3)4)22-14-16-9-7-10-17(13-16)27-12-8-11-26-5;/h7,9-10,13H,6,8,11-12,14-15H2,1-5H3,(H,24,25)(H2,21,22,23);1H. The highest BCUT2D eigenvalue weighted by Crippen LogP contribution is 2.14. The van der Waals surface area contributed by atoms with Crippen LogP contribution in [0.4, 0.5) is 0 Å². The van der Waals surface area contributed by atoms with Gasteiger partial charge in [-0.05, 0) is 45.4 Å². The van der Waals surface area contributed by atoms with Crippen LogP contribution in [0.5, 0.6) is 5.75 Å². The molecule has 0 bridgehead atoms. The van der Waals surface area contributed by atoms with Gasteiger partial charge < -0.3 is 25.4 Å². The van der Waals surface area contributed by atoms with Gasteiger partial charge >= 0.3 is 0 Å². The number of rotatable bonds is 10. The smallest absolute Gasteiger partial charge is 0.239 e. The van der Waals surface area contributed by atoms with Gasteiger partial charge in [-0.3, -0.25) is 4.79 Å². The highest BCUT2D eigenvalue weighted by atomic mass is 127. The van der Waals surface area contributed by atoms with Gasteiger partial charge in [-0.1, -0.05) is 12.1 Å². The van der Waals surface area contributed by atoms with Gasteiger partial charge in [0.05, 0.1) is 19.7 Å². The summed E-state index contributed by atoms with van der Waals surface area (Å²) < 4.78 is 10.7. The van der Waals surface area contributed by atoms with Crippen molar-refractivity contribution in [3.63, 3.8) is 0 Å². The van der Waals surface area contributed by atoms with E-state index in [-0.39, 0.29) is 42.0 Å². The van der Waals surface area contributed by atoms with Crippen molar-refractivity contribution in [1.29, 1.82) is 0 Å². The molecule has 7 nitrogen and oxygen atoms in total. The Morgan fingerprint density at radius 2 is 1.93 bits per heavy atom. The van der Waals surface area contributed by atoms with Gasteiger partial charge in [-0.15, -0.1) is 24.0 Å². The summed E-state index contributed by atoms with van der Waals surface area (Å²) in [4.78, 5) is 16.5. The Morgan fingerprint density at radius 1 is 1.18 bits per heavy atom. The summed E-state index contributed by atoms with van der Waals surface area (Å²) in [6.07, 6.45) is 0.851. The molecule has 0 saturated carbocycles. The van der Waals surface area contributed by atoms with Crippen LogP contribution in [-0.4, -0.2) is 50.8 Å². The van der Waals surface area contributed by atoms with Crippen LogP contribution in [-0.2, 0) is 16.1 Å². The first kappa shape index (κ1) is 26.4. The molecule has 1 rings (SSSR count). The maximum atomic E-state index is 12.0. The number of nitrogens with zero attached hydrogens (tertiary/aromatic N) is 1. The second kappa shape index (κ2) is 14.4. The van der Waals surface area contributed by atoms with E-state index >= 15 is 0 Å². The van der Waals surface area contributed by atoms with Crippen LogP contribution in [0.2, 0.25) is 0 Å². The molecule has 0 atom stereocenters. The fourth-order valence-corrected chi connectivity index (χ4v) is 2.27. The number of ether oxygens (including phenoxy) is 2. The summed E-state index contributed by atoms with van der Waals surface area (Å²) in [5.74, 6) is 1.36. The minimum atomic E-state index is -0.252. The lowest BCUT2D eigenvalue weighted by Gasteiger charge is -2.21.